The van der Waals surface area contributed by atoms with Gasteiger partial charge >= 0.3 is 6.09 Å². The van der Waals surface area contributed by atoms with Gasteiger partial charge in [0, 0.05) is 29.8 Å². The van der Waals surface area contributed by atoms with Gasteiger partial charge in [-0.25, -0.2) is 17.9 Å². The van der Waals surface area contributed by atoms with Crippen molar-refractivity contribution in [2.24, 2.45) is 0 Å². The largest absolute Gasteiger partial charge is 0.444 e. The lowest BCUT2D eigenvalue weighted by atomic mass is 10.1. The number of nitrogens with one attached hydrogen (secondary N) is 2. The number of benzene rings is 3. The van der Waals surface area contributed by atoms with Crippen LogP contribution in [0.4, 0.5) is 10.5 Å². The standard InChI is InChI=1S/C37H54ClN3O5SSi/c1-27-14-20-33(21-15-27)47(43,44)40-23-22-29-16-18-32(19-17-29)39-25-28(2)41(35(42)45-36(3,4)5)26-34(30-12-11-13-31(38)24-30)46-48(9,10)37(6,7)8/h11-21,24,28,34,39-40H,22-23,25-26H2,1-10H3/t28-,34+/m1/s1. The van der Waals surface area contributed by atoms with E-state index < -0.39 is 36.1 Å². The fourth-order valence-electron chi connectivity index (χ4n) is 4.68. The van der Waals surface area contributed by atoms with Gasteiger partial charge < -0.3 is 19.4 Å². The van der Waals surface area contributed by atoms with E-state index in [-0.39, 0.29) is 22.5 Å². The summed E-state index contributed by atoms with van der Waals surface area (Å²) in [6, 6.07) is 22.1. The van der Waals surface area contributed by atoms with Crippen LogP contribution >= 0.6 is 11.6 Å². The molecule has 0 aliphatic rings. The Morgan fingerprint density at radius 3 is 2.15 bits per heavy atom. The Balaban J connectivity index is 1.72. The van der Waals surface area contributed by atoms with Gasteiger partial charge in [-0.1, -0.05) is 74.3 Å². The van der Waals surface area contributed by atoms with E-state index in [1.54, 1.807) is 29.2 Å². The lowest BCUT2D eigenvalue weighted by Crippen LogP contribution is -2.49. The van der Waals surface area contributed by atoms with E-state index >= 15 is 0 Å². The van der Waals surface area contributed by atoms with Crippen LogP contribution in [0.1, 0.15) is 71.3 Å². The highest BCUT2D eigenvalue weighted by molar-refractivity contribution is 7.89. The van der Waals surface area contributed by atoms with E-state index in [0.717, 1.165) is 22.4 Å². The number of amides is 1. The quantitative estimate of drug-likeness (QED) is 0.162. The summed E-state index contributed by atoms with van der Waals surface area (Å²) in [5.74, 6) is 0. The van der Waals surface area contributed by atoms with Gasteiger partial charge in [-0.2, -0.15) is 0 Å². The Hall–Kier alpha value is -2.89. The summed E-state index contributed by atoms with van der Waals surface area (Å²) in [6.45, 7) is 21.5. The van der Waals surface area contributed by atoms with Gasteiger partial charge in [-0.05, 0) is 107 Å². The molecular formula is C37H54ClN3O5SSi. The summed E-state index contributed by atoms with van der Waals surface area (Å²) in [5, 5.41) is 4.03. The second-order valence-corrected chi connectivity index (χ2v) is 21.9. The number of anilines is 1. The first-order chi connectivity index (χ1) is 22.2. The van der Waals surface area contributed by atoms with Gasteiger partial charge in [0.25, 0.3) is 0 Å². The zero-order valence-electron chi connectivity index (χ0n) is 30.2. The molecule has 0 unspecified atom stereocenters. The third-order valence-electron chi connectivity index (χ3n) is 8.58. The van der Waals surface area contributed by atoms with E-state index in [1.165, 1.54) is 0 Å². The van der Waals surface area contributed by atoms with Crippen molar-refractivity contribution < 1.29 is 22.4 Å². The summed E-state index contributed by atoms with van der Waals surface area (Å²) in [6.07, 6.45) is -0.263. The minimum Gasteiger partial charge on any atom is -0.444 e. The number of hydrogen-bond donors (Lipinski definition) is 2. The van der Waals surface area contributed by atoms with Crippen LogP contribution in [0.2, 0.25) is 23.2 Å². The number of halogens is 1. The highest BCUT2D eigenvalue weighted by Gasteiger charge is 2.41. The highest BCUT2D eigenvalue weighted by atomic mass is 35.5. The number of carbonyl (C=O) groups excluding carboxylic acids is 1. The maximum atomic E-state index is 13.7. The molecular weight excluding hydrogens is 662 g/mol. The van der Waals surface area contributed by atoms with E-state index in [4.69, 9.17) is 20.8 Å². The SMILES string of the molecule is Cc1ccc(S(=O)(=O)NCCc2ccc(NC[C@@H](C)N(C[C@H](O[Si](C)(C)C(C)(C)C)c3cccc(Cl)c3)C(=O)OC(C)(C)C)cc2)cc1. The number of rotatable bonds is 14. The fourth-order valence-corrected chi connectivity index (χ4v) is 7.19. The molecule has 264 valence electrons. The van der Waals surface area contributed by atoms with Crippen molar-refractivity contribution in [1.29, 1.82) is 0 Å². The van der Waals surface area contributed by atoms with Crippen LogP contribution in [0.25, 0.3) is 0 Å². The first kappa shape index (κ1) is 39.5. The minimum absolute atomic E-state index is 0.0364. The maximum absolute atomic E-state index is 13.7. The molecule has 11 heteroatoms. The van der Waals surface area contributed by atoms with Gasteiger partial charge in [0.2, 0.25) is 10.0 Å². The van der Waals surface area contributed by atoms with E-state index in [1.807, 2.05) is 83.1 Å². The number of ether oxygens (including phenoxy) is 1. The molecule has 0 heterocycles. The van der Waals surface area contributed by atoms with E-state index in [9.17, 15) is 13.2 Å². The number of aryl methyl sites for hydroxylation is 1. The molecule has 0 spiro atoms. The van der Waals surface area contributed by atoms with Crippen LogP contribution in [-0.2, 0) is 25.6 Å². The molecule has 0 bridgehead atoms. The zero-order valence-corrected chi connectivity index (χ0v) is 32.8. The summed E-state index contributed by atoms with van der Waals surface area (Å²) in [7, 11) is -5.81. The van der Waals surface area contributed by atoms with Gasteiger partial charge in [0.05, 0.1) is 17.5 Å². The number of sulfonamides is 1. The van der Waals surface area contributed by atoms with Crippen molar-refractivity contribution in [3.63, 3.8) is 0 Å². The molecule has 0 saturated carbocycles. The molecule has 1 amide bonds. The van der Waals surface area contributed by atoms with Crippen LogP contribution in [0, 0.1) is 6.92 Å². The Morgan fingerprint density at radius 1 is 0.958 bits per heavy atom. The zero-order chi connectivity index (χ0) is 35.9. The minimum atomic E-state index is -3.56. The molecule has 48 heavy (non-hydrogen) atoms. The lowest BCUT2D eigenvalue weighted by Gasteiger charge is -2.41. The molecule has 0 aromatic heterocycles. The Morgan fingerprint density at radius 2 is 1.58 bits per heavy atom. The summed E-state index contributed by atoms with van der Waals surface area (Å²) in [5.41, 5.74) is 3.14. The van der Waals surface area contributed by atoms with Crippen LogP contribution in [0.3, 0.4) is 0 Å². The Labute approximate surface area is 294 Å². The second-order valence-electron chi connectivity index (χ2n) is 14.9. The van der Waals surface area contributed by atoms with Gasteiger partial charge in [-0.3, -0.25) is 0 Å². The van der Waals surface area contributed by atoms with Crippen LogP contribution < -0.4 is 10.0 Å². The fraction of sp³-hybridized carbons (Fsp3) is 0.486. The summed E-state index contributed by atoms with van der Waals surface area (Å²) in [4.78, 5) is 15.7. The molecule has 2 N–H and O–H groups in total. The highest BCUT2D eigenvalue weighted by Crippen LogP contribution is 2.40. The predicted octanol–water partition coefficient (Wildman–Crippen LogP) is 8.97. The Bertz CT molecular complexity index is 1600. The van der Waals surface area contributed by atoms with Crippen molar-refractivity contribution in [2.45, 2.75) is 103 Å². The van der Waals surface area contributed by atoms with Gasteiger partial charge in [0.1, 0.15) is 5.60 Å². The average Bonchev–Trinajstić information content (AvgIpc) is 2.97. The van der Waals surface area contributed by atoms with Crippen LogP contribution in [-0.4, -0.2) is 59.0 Å². The number of carbonyl (C=O) groups is 1. The average molecular weight is 716 g/mol. The molecule has 0 aliphatic carbocycles. The van der Waals surface area contributed by atoms with Crippen molar-refractivity contribution in [2.75, 3.05) is 25.0 Å². The first-order valence-corrected chi connectivity index (χ1v) is 21.3. The third kappa shape index (κ3) is 11.9. The van der Waals surface area contributed by atoms with Crippen molar-refractivity contribution in [3.8, 4) is 0 Å². The molecule has 8 nitrogen and oxygen atoms in total. The predicted molar refractivity (Wildman–Crippen MR) is 200 cm³/mol. The number of hydrogen-bond acceptors (Lipinski definition) is 6. The Kier molecular flexibility index (Phi) is 13.4. The molecule has 3 aromatic carbocycles. The summed E-state index contributed by atoms with van der Waals surface area (Å²) >= 11 is 6.42. The normalized spacial score (nSPS) is 13.9. The third-order valence-corrected chi connectivity index (χ3v) is 14.8. The van der Waals surface area contributed by atoms with Crippen molar-refractivity contribution in [1.82, 2.24) is 9.62 Å². The summed E-state index contributed by atoms with van der Waals surface area (Å²) < 4.78 is 40.7. The van der Waals surface area contributed by atoms with E-state index in [0.29, 0.717) is 24.5 Å². The van der Waals surface area contributed by atoms with Gasteiger partial charge in [-0.15, -0.1) is 0 Å². The van der Waals surface area contributed by atoms with Crippen molar-refractivity contribution in [3.05, 3.63) is 94.5 Å². The molecule has 0 fully saturated rings. The van der Waals surface area contributed by atoms with Crippen LogP contribution in [0.5, 0.6) is 0 Å². The molecule has 3 rings (SSSR count). The van der Waals surface area contributed by atoms with Crippen LogP contribution in [0.15, 0.2) is 77.7 Å². The van der Waals surface area contributed by atoms with E-state index in [2.05, 4.69) is 43.9 Å². The van der Waals surface area contributed by atoms with Gasteiger partial charge in [0.15, 0.2) is 8.32 Å². The molecule has 0 radical (unpaired) electrons. The first-order valence-electron chi connectivity index (χ1n) is 16.5. The molecule has 2 atom stereocenters. The second kappa shape index (κ2) is 16.2. The monoisotopic (exact) mass is 715 g/mol. The van der Waals surface area contributed by atoms with Crippen molar-refractivity contribution >= 4 is 41.7 Å². The topological polar surface area (TPSA) is 97.0 Å². The molecule has 0 aliphatic heterocycles. The maximum Gasteiger partial charge on any atom is 0.410 e. The molecule has 0 saturated heterocycles. The smallest absolute Gasteiger partial charge is 0.410 e. The molecule has 3 aromatic rings. The number of nitrogens with zero attached hydrogens (tertiary/aromatic N) is 1. The lowest BCUT2D eigenvalue weighted by molar-refractivity contribution is 0.00799.